The molecule has 82 valence electrons. The van der Waals surface area contributed by atoms with Crippen LogP contribution >= 0.6 is 11.8 Å². The quantitative estimate of drug-likeness (QED) is 0.446. The first kappa shape index (κ1) is 10.5. The van der Waals surface area contributed by atoms with E-state index in [2.05, 4.69) is 5.43 Å². The topological polar surface area (TPSA) is 77.5 Å². The van der Waals surface area contributed by atoms with Crippen molar-refractivity contribution in [2.24, 2.45) is 5.84 Å². The van der Waals surface area contributed by atoms with Gasteiger partial charge in [-0.3, -0.25) is 10.2 Å². The lowest BCUT2D eigenvalue weighted by Gasteiger charge is -2.24. The van der Waals surface area contributed by atoms with Crippen molar-refractivity contribution in [1.82, 2.24) is 5.43 Å². The van der Waals surface area contributed by atoms with Crippen LogP contribution in [0.25, 0.3) is 0 Å². The Morgan fingerprint density at radius 3 is 3.07 bits per heavy atom. The summed E-state index contributed by atoms with van der Waals surface area (Å²) in [5, 5.41) is 0.517. The average molecular weight is 228 g/mol. The third kappa shape index (κ3) is 2.34. The van der Waals surface area contributed by atoms with Gasteiger partial charge in [0.25, 0.3) is 5.91 Å². The summed E-state index contributed by atoms with van der Waals surface area (Å²) in [4.78, 5) is 11.3. The summed E-state index contributed by atoms with van der Waals surface area (Å²) >= 11 is 1.72. The molecular weight excluding hydrogens is 216 g/mol. The van der Waals surface area contributed by atoms with Crippen LogP contribution < -0.4 is 11.3 Å². The van der Waals surface area contributed by atoms with Crippen LogP contribution in [0.15, 0.2) is 16.7 Å². The van der Waals surface area contributed by atoms with E-state index in [0.29, 0.717) is 22.3 Å². The van der Waals surface area contributed by atoms with E-state index in [4.69, 9.17) is 15.0 Å². The molecule has 0 aromatic carbocycles. The van der Waals surface area contributed by atoms with E-state index in [1.807, 2.05) is 0 Å². The third-order valence-electron chi connectivity index (χ3n) is 2.18. The zero-order valence-electron chi connectivity index (χ0n) is 8.06. The number of thioether (sulfide) groups is 1. The Kier molecular flexibility index (Phi) is 3.30. The standard InChI is InChI=1S/C9H12N2O3S/c10-11-9(12)7-1-2-14-8(7)5-15-6-3-13-4-6/h1-2,6H,3-5,10H2,(H,11,12). The van der Waals surface area contributed by atoms with Crippen LogP contribution in [-0.4, -0.2) is 24.4 Å². The third-order valence-corrected chi connectivity index (χ3v) is 3.35. The second-order valence-corrected chi connectivity index (χ2v) is 4.49. The molecule has 1 aliphatic rings. The van der Waals surface area contributed by atoms with Gasteiger partial charge in [0, 0.05) is 0 Å². The number of rotatable bonds is 4. The molecule has 3 N–H and O–H groups in total. The highest BCUT2D eigenvalue weighted by molar-refractivity contribution is 7.99. The van der Waals surface area contributed by atoms with Gasteiger partial charge in [-0.25, -0.2) is 5.84 Å². The normalized spacial score (nSPS) is 16.1. The highest BCUT2D eigenvalue weighted by Crippen LogP contribution is 2.25. The van der Waals surface area contributed by atoms with E-state index < -0.39 is 0 Å². The van der Waals surface area contributed by atoms with Crippen LogP contribution in [0.1, 0.15) is 16.1 Å². The number of hydrogen-bond acceptors (Lipinski definition) is 5. The van der Waals surface area contributed by atoms with E-state index in [1.54, 1.807) is 17.8 Å². The van der Waals surface area contributed by atoms with Crippen LogP contribution in [0, 0.1) is 0 Å². The zero-order chi connectivity index (χ0) is 10.7. The molecule has 2 heterocycles. The van der Waals surface area contributed by atoms with E-state index >= 15 is 0 Å². The van der Waals surface area contributed by atoms with Crippen molar-refractivity contribution in [3.05, 3.63) is 23.7 Å². The van der Waals surface area contributed by atoms with Crippen LogP contribution in [0.5, 0.6) is 0 Å². The minimum atomic E-state index is -0.316. The summed E-state index contributed by atoms with van der Waals surface area (Å²) in [5.74, 6) is 6.07. The molecule has 1 saturated heterocycles. The van der Waals surface area contributed by atoms with Crippen molar-refractivity contribution in [3.63, 3.8) is 0 Å². The molecule has 0 atom stereocenters. The van der Waals surface area contributed by atoms with Crippen LogP contribution in [0.3, 0.4) is 0 Å². The lowest BCUT2D eigenvalue weighted by Crippen LogP contribution is -2.31. The first-order valence-electron chi connectivity index (χ1n) is 4.58. The lowest BCUT2D eigenvalue weighted by atomic mass is 10.2. The molecule has 0 bridgehead atoms. The molecule has 0 radical (unpaired) electrons. The smallest absolute Gasteiger partial charge is 0.268 e. The Balaban J connectivity index is 1.94. The predicted molar refractivity (Wildman–Crippen MR) is 56.3 cm³/mol. The van der Waals surface area contributed by atoms with Gasteiger partial charge in [-0.15, -0.1) is 11.8 Å². The number of hydrazine groups is 1. The Morgan fingerprint density at radius 2 is 2.47 bits per heavy atom. The molecule has 1 amide bonds. The van der Waals surface area contributed by atoms with Crippen molar-refractivity contribution in [3.8, 4) is 0 Å². The number of ether oxygens (including phenoxy) is 1. The van der Waals surface area contributed by atoms with Crippen molar-refractivity contribution in [2.45, 2.75) is 11.0 Å². The van der Waals surface area contributed by atoms with E-state index in [9.17, 15) is 4.79 Å². The minimum absolute atomic E-state index is 0.316. The lowest BCUT2D eigenvalue weighted by molar-refractivity contribution is 0.0454. The zero-order valence-corrected chi connectivity index (χ0v) is 8.88. The molecule has 1 aromatic rings. The van der Waals surface area contributed by atoms with Gasteiger partial charge in [0.15, 0.2) is 0 Å². The van der Waals surface area contributed by atoms with Crippen LogP contribution in [0.4, 0.5) is 0 Å². The maximum absolute atomic E-state index is 11.3. The maximum atomic E-state index is 11.3. The fraction of sp³-hybridized carbons (Fsp3) is 0.444. The number of amides is 1. The minimum Gasteiger partial charge on any atom is -0.468 e. The van der Waals surface area contributed by atoms with Crippen LogP contribution in [-0.2, 0) is 10.5 Å². The fourth-order valence-electron chi connectivity index (χ4n) is 1.24. The summed E-state index contributed by atoms with van der Waals surface area (Å²) < 4.78 is 10.3. The van der Waals surface area contributed by atoms with Gasteiger partial charge in [0.05, 0.1) is 36.0 Å². The predicted octanol–water partition coefficient (Wildman–Crippen LogP) is 0.515. The highest BCUT2D eigenvalue weighted by atomic mass is 32.2. The maximum Gasteiger partial charge on any atom is 0.268 e. The molecule has 1 fully saturated rings. The number of carbonyl (C=O) groups excluding carboxylic acids is 1. The molecule has 2 rings (SSSR count). The van der Waals surface area contributed by atoms with E-state index in [-0.39, 0.29) is 5.91 Å². The van der Waals surface area contributed by atoms with Gasteiger partial charge in [0.1, 0.15) is 5.76 Å². The second-order valence-electron chi connectivity index (χ2n) is 3.20. The Labute approximate surface area is 91.3 Å². The molecular formula is C9H12N2O3S. The summed E-state index contributed by atoms with van der Waals surface area (Å²) in [6.07, 6.45) is 1.50. The van der Waals surface area contributed by atoms with Gasteiger partial charge < -0.3 is 9.15 Å². The molecule has 6 heteroatoms. The number of furan rings is 1. The summed E-state index contributed by atoms with van der Waals surface area (Å²) in [6.45, 7) is 1.56. The molecule has 0 unspecified atom stereocenters. The molecule has 5 nitrogen and oxygen atoms in total. The molecule has 1 aliphatic heterocycles. The van der Waals surface area contributed by atoms with E-state index in [1.165, 1.54) is 6.26 Å². The van der Waals surface area contributed by atoms with Gasteiger partial charge in [-0.05, 0) is 6.07 Å². The number of nitrogens with one attached hydrogen (secondary N) is 1. The summed E-state index contributed by atoms with van der Waals surface area (Å²) in [6, 6.07) is 1.62. The first-order chi connectivity index (χ1) is 7.31. The Morgan fingerprint density at radius 1 is 1.67 bits per heavy atom. The highest BCUT2D eigenvalue weighted by Gasteiger charge is 2.21. The monoisotopic (exact) mass is 228 g/mol. The summed E-state index contributed by atoms with van der Waals surface area (Å²) in [7, 11) is 0. The second kappa shape index (κ2) is 4.69. The van der Waals surface area contributed by atoms with Gasteiger partial charge >= 0.3 is 0 Å². The Hall–Kier alpha value is -0.980. The Bertz CT molecular complexity index is 349. The molecule has 15 heavy (non-hydrogen) atoms. The van der Waals surface area contributed by atoms with Crippen molar-refractivity contribution in [1.29, 1.82) is 0 Å². The van der Waals surface area contributed by atoms with E-state index in [0.717, 1.165) is 13.2 Å². The number of nitrogen functional groups attached to an aromatic ring is 1. The first-order valence-corrected chi connectivity index (χ1v) is 5.63. The average Bonchev–Trinajstić information content (AvgIpc) is 2.62. The number of carbonyl (C=O) groups is 1. The van der Waals surface area contributed by atoms with Crippen molar-refractivity contribution >= 4 is 17.7 Å². The number of nitrogens with two attached hydrogens (primary N) is 1. The molecule has 0 aliphatic carbocycles. The molecule has 1 aromatic heterocycles. The SMILES string of the molecule is NNC(=O)c1ccoc1CSC1COC1. The summed E-state index contributed by atoms with van der Waals surface area (Å²) in [5.41, 5.74) is 2.60. The fourth-order valence-corrected chi connectivity index (χ4v) is 2.23. The van der Waals surface area contributed by atoms with Gasteiger partial charge in [-0.2, -0.15) is 0 Å². The largest absolute Gasteiger partial charge is 0.468 e. The van der Waals surface area contributed by atoms with Gasteiger partial charge in [-0.1, -0.05) is 0 Å². The van der Waals surface area contributed by atoms with Gasteiger partial charge in [0.2, 0.25) is 0 Å². The van der Waals surface area contributed by atoms with Crippen LogP contribution in [0.2, 0.25) is 0 Å². The van der Waals surface area contributed by atoms with Crippen molar-refractivity contribution < 1.29 is 13.9 Å². The molecule has 0 spiro atoms. The van der Waals surface area contributed by atoms with Crippen molar-refractivity contribution in [2.75, 3.05) is 13.2 Å². The molecule has 0 saturated carbocycles. The number of hydrogen-bond donors (Lipinski definition) is 2.